The van der Waals surface area contributed by atoms with Crippen LogP contribution in [0.15, 0.2) is 34.6 Å². The number of aromatic nitrogens is 3. The summed E-state index contributed by atoms with van der Waals surface area (Å²) in [5, 5.41) is 10.5. The van der Waals surface area contributed by atoms with Crippen molar-refractivity contribution in [1.29, 1.82) is 0 Å². The Morgan fingerprint density at radius 2 is 2.21 bits per heavy atom. The quantitative estimate of drug-likeness (QED) is 0.741. The van der Waals surface area contributed by atoms with E-state index in [1.54, 1.807) is 24.4 Å². The second-order valence-corrected chi connectivity index (χ2v) is 4.64. The molecular formula is C12H7N3O3S. The lowest BCUT2D eigenvalue weighted by atomic mass is 10.2. The Morgan fingerprint density at radius 1 is 1.37 bits per heavy atom. The summed E-state index contributed by atoms with van der Waals surface area (Å²) in [5.74, 6) is -0.820. The predicted molar refractivity (Wildman–Crippen MR) is 70.4 cm³/mol. The Balaban J connectivity index is 2.32. The number of aromatic carboxylic acids is 1. The van der Waals surface area contributed by atoms with Gasteiger partial charge in [-0.25, -0.2) is 4.79 Å². The van der Waals surface area contributed by atoms with E-state index in [9.17, 15) is 9.59 Å². The van der Waals surface area contributed by atoms with Gasteiger partial charge in [-0.05, 0) is 12.1 Å². The molecule has 0 atom stereocenters. The van der Waals surface area contributed by atoms with E-state index in [2.05, 4.69) is 15.0 Å². The van der Waals surface area contributed by atoms with Crippen LogP contribution in [0.1, 0.15) is 10.4 Å². The van der Waals surface area contributed by atoms with Gasteiger partial charge < -0.3 is 10.1 Å². The molecule has 0 fully saturated rings. The molecule has 0 bridgehead atoms. The highest BCUT2D eigenvalue weighted by atomic mass is 32.1. The highest BCUT2D eigenvalue weighted by Crippen LogP contribution is 2.22. The maximum Gasteiger partial charge on any atom is 0.338 e. The van der Waals surface area contributed by atoms with Crippen LogP contribution < -0.4 is 5.56 Å². The fourth-order valence-corrected chi connectivity index (χ4v) is 2.60. The number of carboxylic acids is 1. The fraction of sp³-hybridized carbons (Fsp3) is 0. The van der Waals surface area contributed by atoms with Gasteiger partial charge in [0.2, 0.25) is 0 Å². The summed E-state index contributed by atoms with van der Waals surface area (Å²) in [6, 6.07) is 5.20. The van der Waals surface area contributed by atoms with Gasteiger partial charge in [-0.1, -0.05) is 6.07 Å². The minimum atomic E-state index is -1.08. The molecule has 0 spiro atoms. The van der Waals surface area contributed by atoms with Crippen molar-refractivity contribution in [3.05, 3.63) is 45.7 Å². The van der Waals surface area contributed by atoms with E-state index in [0.29, 0.717) is 10.4 Å². The fourth-order valence-electron chi connectivity index (χ4n) is 1.72. The summed E-state index contributed by atoms with van der Waals surface area (Å²) in [7, 11) is 0. The normalized spacial score (nSPS) is 10.7. The van der Waals surface area contributed by atoms with Gasteiger partial charge in [0.25, 0.3) is 5.56 Å². The van der Waals surface area contributed by atoms with Crippen LogP contribution in [-0.4, -0.2) is 26.0 Å². The number of carboxylic acid groups (broad SMARTS) is 1. The van der Waals surface area contributed by atoms with Crippen LogP contribution >= 0.6 is 11.3 Å². The van der Waals surface area contributed by atoms with Crippen LogP contribution in [0, 0.1) is 0 Å². The van der Waals surface area contributed by atoms with Crippen LogP contribution in [0.25, 0.3) is 21.7 Å². The number of carbonyl (C=O) groups is 1. The van der Waals surface area contributed by atoms with Gasteiger partial charge in [0, 0.05) is 11.6 Å². The molecule has 0 unspecified atom stereocenters. The second-order valence-electron chi connectivity index (χ2n) is 3.76. The van der Waals surface area contributed by atoms with E-state index >= 15 is 0 Å². The predicted octanol–water partition coefficient (Wildman–Crippen LogP) is 1.74. The number of hydrogen-bond acceptors (Lipinski definition) is 5. The minimum absolute atomic E-state index is 0.0664. The van der Waals surface area contributed by atoms with E-state index in [1.807, 2.05) is 0 Å². The largest absolute Gasteiger partial charge is 0.478 e. The number of pyridine rings is 1. The van der Waals surface area contributed by atoms with Crippen molar-refractivity contribution in [3.8, 4) is 11.5 Å². The van der Waals surface area contributed by atoms with Crippen molar-refractivity contribution in [3.63, 3.8) is 0 Å². The molecule has 0 aliphatic rings. The summed E-state index contributed by atoms with van der Waals surface area (Å²) in [6.45, 7) is 0. The molecule has 6 nitrogen and oxygen atoms in total. The van der Waals surface area contributed by atoms with Crippen molar-refractivity contribution in [2.75, 3.05) is 0 Å². The molecule has 3 rings (SSSR count). The number of rotatable bonds is 2. The summed E-state index contributed by atoms with van der Waals surface area (Å²) in [6.07, 6.45) is 1.57. The molecule has 94 valence electrons. The van der Waals surface area contributed by atoms with Crippen molar-refractivity contribution >= 4 is 27.5 Å². The Kier molecular flexibility index (Phi) is 2.60. The lowest BCUT2D eigenvalue weighted by molar-refractivity contribution is 0.0699. The van der Waals surface area contributed by atoms with Crippen molar-refractivity contribution in [1.82, 2.24) is 15.0 Å². The van der Waals surface area contributed by atoms with Gasteiger partial charge in [0.05, 0.1) is 11.1 Å². The molecule has 19 heavy (non-hydrogen) atoms. The van der Waals surface area contributed by atoms with E-state index in [0.717, 1.165) is 11.3 Å². The molecule has 3 aromatic rings. The molecule has 3 aromatic heterocycles. The number of fused-ring (bicyclic) bond motifs is 1. The van der Waals surface area contributed by atoms with E-state index < -0.39 is 11.5 Å². The van der Waals surface area contributed by atoms with E-state index in [1.165, 1.54) is 5.38 Å². The number of thiophene rings is 1. The molecule has 3 heterocycles. The molecular weight excluding hydrogens is 266 g/mol. The van der Waals surface area contributed by atoms with Crippen LogP contribution in [0.5, 0.6) is 0 Å². The first kappa shape index (κ1) is 11.5. The Labute approximate surface area is 110 Å². The summed E-state index contributed by atoms with van der Waals surface area (Å²) < 4.78 is 0.303. The first-order valence-corrected chi connectivity index (χ1v) is 6.21. The molecule has 0 radical (unpaired) electrons. The highest BCUT2D eigenvalue weighted by Gasteiger charge is 2.16. The lowest BCUT2D eigenvalue weighted by Crippen LogP contribution is -2.09. The number of H-pyrrole nitrogens is 1. The maximum atomic E-state index is 11.9. The Morgan fingerprint density at radius 3 is 2.89 bits per heavy atom. The maximum absolute atomic E-state index is 11.9. The smallest absolute Gasteiger partial charge is 0.338 e. The van der Waals surface area contributed by atoms with Gasteiger partial charge in [0.15, 0.2) is 5.82 Å². The van der Waals surface area contributed by atoms with Gasteiger partial charge in [0.1, 0.15) is 10.4 Å². The number of nitrogens with zero attached hydrogens (tertiary/aromatic N) is 2. The second kappa shape index (κ2) is 4.29. The monoisotopic (exact) mass is 273 g/mol. The first-order chi connectivity index (χ1) is 9.16. The molecule has 2 N–H and O–H groups in total. The van der Waals surface area contributed by atoms with Crippen molar-refractivity contribution in [2.24, 2.45) is 0 Å². The third kappa shape index (κ3) is 1.89. The molecule has 0 saturated carbocycles. The topological polar surface area (TPSA) is 95.9 Å². The minimum Gasteiger partial charge on any atom is -0.478 e. The summed E-state index contributed by atoms with van der Waals surface area (Å²) >= 11 is 1.07. The average molecular weight is 273 g/mol. The molecule has 0 aliphatic carbocycles. The van der Waals surface area contributed by atoms with Gasteiger partial charge in [-0.2, -0.15) is 4.98 Å². The van der Waals surface area contributed by atoms with Crippen molar-refractivity contribution in [2.45, 2.75) is 0 Å². The zero-order valence-corrected chi connectivity index (χ0v) is 10.3. The first-order valence-electron chi connectivity index (χ1n) is 5.33. The summed E-state index contributed by atoms with van der Waals surface area (Å²) in [4.78, 5) is 33.8. The highest BCUT2D eigenvalue weighted by molar-refractivity contribution is 7.17. The third-order valence-electron chi connectivity index (χ3n) is 2.58. The van der Waals surface area contributed by atoms with Crippen LogP contribution in [-0.2, 0) is 0 Å². The molecule has 7 heteroatoms. The number of hydrogen-bond donors (Lipinski definition) is 2. The van der Waals surface area contributed by atoms with E-state index in [4.69, 9.17) is 5.11 Å². The number of aromatic amines is 1. The molecule has 0 saturated heterocycles. The molecule has 0 aliphatic heterocycles. The molecule has 0 amide bonds. The Bertz CT molecular complexity index is 823. The van der Waals surface area contributed by atoms with Crippen LogP contribution in [0.3, 0.4) is 0 Å². The van der Waals surface area contributed by atoms with Gasteiger partial charge in [-0.3, -0.25) is 9.78 Å². The van der Waals surface area contributed by atoms with Crippen LogP contribution in [0.4, 0.5) is 0 Å². The zero-order chi connectivity index (χ0) is 13.4. The van der Waals surface area contributed by atoms with Gasteiger partial charge >= 0.3 is 5.97 Å². The average Bonchev–Trinajstić information content (AvgIpc) is 2.84. The SMILES string of the molecule is O=C(O)c1csc2c(=O)nc(-c3ccccn3)[nH]c12. The number of nitrogens with one attached hydrogen (secondary N) is 1. The van der Waals surface area contributed by atoms with E-state index in [-0.39, 0.29) is 16.9 Å². The zero-order valence-electron chi connectivity index (χ0n) is 9.45. The third-order valence-corrected chi connectivity index (χ3v) is 3.55. The van der Waals surface area contributed by atoms with Crippen LogP contribution in [0.2, 0.25) is 0 Å². The van der Waals surface area contributed by atoms with Crippen molar-refractivity contribution < 1.29 is 9.90 Å². The summed E-state index contributed by atoms with van der Waals surface area (Å²) in [5.41, 5.74) is 0.394. The molecule has 0 aromatic carbocycles. The standard InChI is InChI=1S/C12H7N3O3S/c16-11-9-8(6(5-19-9)12(17)18)14-10(15-11)7-3-1-2-4-13-7/h1-5H,(H,17,18)(H,14,15,16). The van der Waals surface area contributed by atoms with Gasteiger partial charge in [-0.15, -0.1) is 11.3 Å². The lowest BCUT2D eigenvalue weighted by Gasteiger charge is -2.00. The Hall–Kier alpha value is -2.54.